The van der Waals surface area contributed by atoms with Gasteiger partial charge in [0.25, 0.3) is 5.91 Å². The van der Waals surface area contributed by atoms with Gasteiger partial charge in [0.2, 0.25) is 0 Å². The van der Waals surface area contributed by atoms with Crippen molar-refractivity contribution in [1.82, 2.24) is 10.2 Å². The van der Waals surface area contributed by atoms with Crippen LogP contribution in [0.2, 0.25) is 0 Å². The van der Waals surface area contributed by atoms with Crippen LogP contribution in [0.15, 0.2) is 11.1 Å². The van der Waals surface area contributed by atoms with E-state index < -0.39 is 17.9 Å². The Hall–Kier alpha value is -1.85. The number of amides is 3. The van der Waals surface area contributed by atoms with Gasteiger partial charge in [-0.1, -0.05) is 13.3 Å². The van der Waals surface area contributed by atoms with Gasteiger partial charge in [-0.15, -0.1) is 0 Å². The number of unbranched alkanes of at least 4 members (excludes halogenated alkanes) is 1. The number of nitrogens with one attached hydrogen (secondary N) is 1. The van der Waals surface area contributed by atoms with E-state index in [1.807, 2.05) is 6.92 Å². The molecule has 6 heteroatoms. The number of carbonyl (C=O) groups excluding carboxylic acids is 2. The van der Waals surface area contributed by atoms with Crippen LogP contribution in [0.25, 0.3) is 0 Å². The van der Waals surface area contributed by atoms with Crippen LogP contribution in [-0.4, -0.2) is 41.5 Å². The molecule has 0 aromatic rings. The highest BCUT2D eigenvalue weighted by molar-refractivity contribution is 6.07. The molecule has 0 aromatic carbocycles. The Morgan fingerprint density at radius 1 is 1.17 bits per heavy atom. The van der Waals surface area contributed by atoms with E-state index in [1.165, 1.54) is 18.7 Å². The van der Waals surface area contributed by atoms with Crippen LogP contribution in [-0.2, 0) is 9.59 Å². The Labute approximate surface area is 107 Å². The molecule has 18 heavy (non-hydrogen) atoms. The first-order valence-electron chi connectivity index (χ1n) is 5.78. The van der Waals surface area contributed by atoms with Crippen molar-refractivity contribution in [3.63, 3.8) is 0 Å². The van der Waals surface area contributed by atoms with E-state index in [-0.39, 0.29) is 11.1 Å². The first kappa shape index (κ1) is 16.1. The summed E-state index contributed by atoms with van der Waals surface area (Å²) in [5.41, 5.74) is -0.0451. The van der Waals surface area contributed by atoms with Crippen molar-refractivity contribution in [3.8, 4) is 0 Å². The fourth-order valence-corrected chi connectivity index (χ4v) is 1.11. The fraction of sp³-hybridized carbons (Fsp3) is 0.583. The minimum Gasteiger partial charge on any atom is -0.478 e. The summed E-state index contributed by atoms with van der Waals surface area (Å²) in [6.07, 6.45) is 1.80. The number of imide groups is 1. The van der Waals surface area contributed by atoms with E-state index in [2.05, 4.69) is 5.32 Å². The standard InChI is InChI=1S/C12H20N2O4/c1-5-6-7-14(4)12(18)13-10(15)8(2)9(3)11(16)17/h5-7H2,1-4H3,(H,16,17)(H,13,15,18)/b9-8-. The fourth-order valence-electron chi connectivity index (χ4n) is 1.11. The smallest absolute Gasteiger partial charge is 0.331 e. The van der Waals surface area contributed by atoms with Crippen LogP contribution in [0.4, 0.5) is 4.79 Å². The molecule has 102 valence electrons. The summed E-state index contributed by atoms with van der Waals surface area (Å²) in [4.78, 5) is 35.2. The predicted octanol–water partition coefficient (Wildman–Crippen LogP) is 1.38. The zero-order valence-electron chi connectivity index (χ0n) is 11.2. The first-order chi connectivity index (χ1) is 8.31. The number of carbonyl (C=O) groups is 3. The largest absolute Gasteiger partial charge is 0.478 e. The third-order valence-corrected chi connectivity index (χ3v) is 2.64. The van der Waals surface area contributed by atoms with Crippen LogP contribution in [0, 0.1) is 0 Å². The Bertz CT molecular complexity index is 374. The maximum atomic E-state index is 11.6. The molecule has 0 spiro atoms. The van der Waals surface area contributed by atoms with E-state index >= 15 is 0 Å². The molecular formula is C12H20N2O4. The lowest BCUT2D eigenvalue weighted by atomic mass is 10.1. The molecule has 0 heterocycles. The summed E-state index contributed by atoms with van der Waals surface area (Å²) in [5, 5.41) is 10.9. The summed E-state index contributed by atoms with van der Waals surface area (Å²) in [7, 11) is 1.58. The van der Waals surface area contributed by atoms with Gasteiger partial charge in [-0.3, -0.25) is 10.1 Å². The molecule has 0 bridgehead atoms. The lowest BCUT2D eigenvalue weighted by Crippen LogP contribution is -2.41. The molecule has 0 aromatic heterocycles. The van der Waals surface area contributed by atoms with E-state index in [9.17, 15) is 14.4 Å². The van der Waals surface area contributed by atoms with Gasteiger partial charge in [0, 0.05) is 24.7 Å². The summed E-state index contributed by atoms with van der Waals surface area (Å²) < 4.78 is 0. The monoisotopic (exact) mass is 256 g/mol. The van der Waals surface area contributed by atoms with Crippen molar-refractivity contribution in [3.05, 3.63) is 11.1 Å². The topological polar surface area (TPSA) is 86.7 Å². The van der Waals surface area contributed by atoms with Crippen LogP contribution in [0.5, 0.6) is 0 Å². The molecule has 0 radical (unpaired) electrons. The van der Waals surface area contributed by atoms with Crippen LogP contribution in [0.3, 0.4) is 0 Å². The zero-order chi connectivity index (χ0) is 14.3. The van der Waals surface area contributed by atoms with E-state index in [0.717, 1.165) is 12.8 Å². The van der Waals surface area contributed by atoms with Gasteiger partial charge in [0.1, 0.15) is 0 Å². The van der Waals surface area contributed by atoms with Crippen molar-refractivity contribution in [2.24, 2.45) is 0 Å². The van der Waals surface area contributed by atoms with Crippen LogP contribution >= 0.6 is 0 Å². The number of hydrogen-bond acceptors (Lipinski definition) is 3. The van der Waals surface area contributed by atoms with Gasteiger partial charge in [-0.25, -0.2) is 9.59 Å². The summed E-state index contributed by atoms with van der Waals surface area (Å²) in [6, 6.07) is -0.522. The molecule has 0 saturated carbocycles. The van der Waals surface area contributed by atoms with Gasteiger partial charge in [-0.05, 0) is 20.3 Å². The molecule has 2 N–H and O–H groups in total. The number of carboxylic acid groups (broad SMARTS) is 1. The van der Waals surface area contributed by atoms with Crippen molar-refractivity contribution < 1.29 is 19.5 Å². The molecule has 0 unspecified atom stereocenters. The minimum atomic E-state index is -1.17. The van der Waals surface area contributed by atoms with Gasteiger partial charge in [0.15, 0.2) is 0 Å². The summed E-state index contributed by atoms with van der Waals surface area (Å²) >= 11 is 0. The lowest BCUT2D eigenvalue weighted by molar-refractivity contribution is -0.133. The lowest BCUT2D eigenvalue weighted by Gasteiger charge is -2.17. The molecule has 3 amide bonds. The molecule has 0 fully saturated rings. The van der Waals surface area contributed by atoms with Gasteiger partial charge in [-0.2, -0.15) is 0 Å². The van der Waals surface area contributed by atoms with E-state index in [4.69, 9.17) is 5.11 Å². The van der Waals surface area contributed by atoms with Crippen molar-refractivity contribution in [2.45, 2.75) is 33.6 Å². The van der Waals surface area contributed by atoms with Crippen molar-refractivity contribution >= 4 is 17.9 Å². The van der Waals surface area contributed by atoms with Crippen LogP contribution in [0.1, 0.15) is 33.6 Å². The number of carboxylic acids is 1. The number of rotatable bonds is 5. The minimum absolute atomic E-state index is 0.0275. The van der Waals surface area contributed by atoms with Gasteiger partial charge < -0.3 is 10.0 Å². The first-order valence-corrected chi connectivity index (χ1v) is 5.78. The van der Waals surface area contributed by atoms with Gasteiger partial charge >= 0.3 is 12.0 Å². The number of urea groups is 1. The zero-order valence-corrected chi connectivity index (χ0v) is 11.2. The Morgan fingerprint density at radius 3 is 2.17 bits per heavy atom. The molecule has 6 nitrogen and oxygen atoms in total. The average Bonchev–Trinajstić information content (AvgIpc) is 2.33. The maximum absolute atomic E-state index is 11.6. The predicted molar refractivity (Wildman–Crippen MR) is 67.1 cm³/mol. The number of nitrogens with zero attached hydrogens (tertiary/aromatic N) is 1. The molecular weight excluding hydrogens is 236 g/mol. The molecule has 0 rings (SSSR count). The second-order valence-electron chi connectivity index (χ2n) is 4.09. The maximum Gasteiger partial charge on any atom is 0.331 e. The van der Waals surface area contributed by atoms with Crippen molar-refractivity contribution in [1.29, 1.82) is 0 Å². The van der Waals surface area contributed by atoms with Gasteiger partial charge in [0.05, 0.1) is 0 Å². The summed E-state index contributed by atoms with van der Waals surface area (Å²) in [5.74, 6) is -1.85. The van der Waals surface area contributed by atoms with Crippen molar-refractivity contribution in [2.75, 3.05) is 13.6 Å². The highest BCUT2D eigenvalue weighted by Gasteiger charge is 2.16. The van der Waals surface area contributed by atoms with E-state index in [1.54, 1.807) is 7.05 Å². The molecule has 0 aliphatic rings. The Morgan fingerprint density at radius 2 is 1.72 bits per heavy atom. The number of hydrogen-bond donors (Lipinski definition) is 2. The highest BCUT2D eigenvalue weighted by atomic mass is 16.4. The number of aliphatic carboxylic acids is 1. The Kier molecular flexibility index (Phi) is 6.70. The second kappa shape index (κ2) is 7.47. The normalized spacial score (nSPS) is 11.6. The quantitative estimate of drug-likeness (QED) is 0.727. The van der Waals surface area contributed by atoms with E-state index in [0.29, 0.717) is 6.54 Å². The van der Waals surface area contributed by atoms with Crippen LogP contribution < -0.4 is 5.32 Å². The SMILES string of the molecule is CCCCN(C)C(=O)NC(=O)/C(C)=C(/C)C(=O)O. The third kappa shape index (κ3) is 4.99. The molecule has 0 saturated heterocycles. The average molecular weight is 256 g/mol. The summed E-state index contributed by atoms with van der Waals surface area (Å²) in [6.45, 7) is 5.25. The molecule has 0 aliphatic heterocycles. The molecule has 0 aliphatic carbocycles. The molecule has 0 atom stereocenters. The second-order valence-corrected chi connectivity index (χ2v) is 4.09. The third-order valence-electron chi connectivity index (χ3n) is 2.64. The Balaban J connectivity index is 4.53. The highest BCUT2D eigenvalue weighted by Crippen LogP contribution is 2.03.